The number of hydrogen-bond donors (Lipinski definition) is 1. The molecule has 1 spiro atoms. The summed E-state index contributed by atoms with van der Waals surface area (Å²) in [6.45, 7) is 8.59. The first kappa shape index (κ1) is 24.0. The van der Waals surface area contributed by atoms with E-state index in [1.54, 1.807) is 24.0 Å². The van der Waals surface area contributed by atoms with E-state index in [0.29, 0.717) is 13.1 Å². The minimum Gasteiger partial charge on any atom is -0.461 e. The van der Waals surface area contributed by atoms with Crippen molar-refractivity contribution in [3.8, 4) is 0 Å². The van der Waals surface area contributed by atoms with E-state index >= 15 is 0 Å². The number of nitrogens with zero attached hydrogens (tertiary/aromatic N) is 2. The summed E-state index contributed by atoms with van der Waals surface area (Å²) in [4.78, 5) is 44.4. The molecular formula is C25H36N2O6. The maximum absolute atomic E-state index is 14.0. The first-order chi connectivity index (χ1) is 15.7. The van der Waals surface area contributed by atoms with Gasteiger partial charge < -0.3 is 24.4 Å². The van der Waals surface area contributed by atoms with E-state index in [1.165, 1.54) is 4.90 Å². The summed E-state index contributed by atoms with van der Waals surface area (Å²) < 4.78 is 12.0. The lowest BCUT2D eigenvalue weighted by Crippen LogP contribution is -2.59. The lowest BCUT2D eigenvalue weighted by Gasteiger charge is -2.41. The number of unbranched alkanes of at least 4 members (excludes halogenated alkanes) is 2. The van der Waals surface area contributed by atoms with Gasteiger partial charge in [0, 0.05) is 13.1 Å². The minimum atomic E-state index is -1.30. The van der Waals surface area contributed by atoms with Gasteiger partial charge in [0.25, 0.3) is 0 Å². The molecule has 2 saturated heterocycles. The van der Waals surface area contributed by atoms with E-state index < -0.39 is 41.1 Å². The average molecular weight is 461 g/mol. The fourth-order valence-corrected chi connectivity index (χ4v) is 6.07. The highest BCUT2D eigenvalue weighted by Gasteiger charge is 2.75. The molecule has 0 aromatic carbocycles. The Labute approximate surface area is 195 Å². The molecule has 4 rings (SSSR count). The van der Waals surface area contributed by atoms with Crippen molar-refractivity contribution in [1.29, 1.82) is 0 Å². The monoisotopic (exact) mass is 460 g/mol. The highest BCUT2D eigenvalue weighted by atomic mass is 16.6. The SMILES string of the molecule is CCCCCN1CC=C[C@]23O[C@]4(C)C=CCOC(=O)[C@@H]4[C@H]2C(=O)N([C@@H](CO)C(C)C)C3C1=O. The fourth-order valence-electron chi connectivity index (χ4n) is 6.07. The van der Waals surface area contributed by atoms with Crippen LogP contribution in [0.5, 0.6) is 0 Å². The van der Waals surface area contributed by atoms with Crippen LogP contribution in [0, 0.1) is 17.8 Å². The van der Waals surface area contributed by atoms with Crippen LogP contribution in [0.4, 0.5) is 0 Å². The molecule has 0 bridgehead atoms. The largest absolute Gasteiger partial charge is 0.461 e. The highest BCUT2D eigenvalue weighted by Crippen LogP contribution is 2.57. The van der Waals surface area contributed by atoms with Crippen LogP contribution in [0.15, 0.2) is 24.3 Å². The van der Waals surface area contributed by atoms with Crippen LogP contribution in [-0.4, -0.2) is 82.3 Å². The van der Waals surface area contributed by atoms with Crippen LogP contribution in [0.1, 0.15) is 47.0 Å². The van der Waals surface area contributed by atoms with E-state index in [9.17, 15) is 19.5 Å². The standard InChI is InChI=1S/C25H36N2O6/c1-5-6-7-12-26-13-8-11-25-18(19-23(31)32-14-9-10-24(19,4)33-25)21(29)27(20(25)22(26)30)17(15-28)16(2)3/h8-11,16-20,28H,5-7,12-15H2,1-4H3/t17-,18-,19-,20?,24+,25-/m0/s1. The van der Waals surface area contributed by atoms with Gasteiger partial charge in [-0.3, -0.25) is 14.4 Å². The Morgan fingerprint density at radius 3 is 2.55 bits per heavy atom. The van der Waals surface area contributed by atoms with Crippen molar-refractivity contribution in [3.63, 3.8) is 0 Å². The van der Waals surface area contributed by atoms with Gasteiger partial charge in [0.05, 0.1) is 24.2 Å². The number of carbonyl (C=O) groups excluding carboxylic acids is 3. The fraction of sp³-hybridized carbons (Fsp3) is 0.720. The van der Waals surface area contributed by atoms with Crippen molar-refractivity contribution in [3.05, 3.63) is 24.3 Å². The molecule has 2 amide bonds. The molecule has 0 aromatic heterocycles. The van der Waals surface area contributed by atoms with E-state index in [-0.39, 0.29) is 30.9 Å². The predicted molar refractivity (Wildman–Crippen MR) is 121 cm³/mol. The van der Waals surface area contributed by atoms with Crippen LogP contribution in [0.2, 0.25) is 0 Å². The molecule has 33 heavy (non-hydrogen) atoms. The molecule has 2 fully saturated rings. The van der Waals surface area contributed by atoms with Crippen LogP contribution in [0.25, 0.3) is 0 Å². The summed E-state index contributed by atoms with van der Waals surface area (Å²) in [5.41, 5.74) is -2.36. The number of ether oxygens (including phenoxy) is 2. The molecular weight excluding hydrogens is 424 g/mol. The third-order valence-corrected chi connectivity index (χ3v) is 7.68. The lowest BCUT2D eigenvalue weighted by molar-refractivity contribution is -0.160. The van der Waals surface area contributed by atoms with Crippen molar-refractivity contribution >= 4 is 17.8 Å². The van der Waals surface area contributed by atoms with Gasteiger partial charge >= 0.3 is 5.97 Å². The normalized spacial score (nSPS) is 36.4. The zero-order valence-electron chi connectivity index (χ0n) is 20.0. The topological polar surface area (TPSA) is 96.4 Å². The number of amides is 2. The van der Waals surface area contributed by atoms with E-state index in [0.717, 1.165) is 19.3 Å². The van der Waals surface area contributed by atoms with Crippen molar-refractivity contribution < 1.29 is 29.0 Å². The maximum Gasteiger partial charge on any atom is 0.313 e. The van der Waals surface area contributed by atoms with Gasteiger partial charge in [0.1, 0.15) is 24.2 Å². The van der Waals surface area contributed by atoms with Crippen molar-refractivity contribution in [2.24, 2.45) is 17.8 Å². The molecule has 0 aliphatic carbocycles. The highest BCUT2D eigenvalue weighted by molar-refractivity contribution is 5.99. The Morgan fingerprint density at radius 2 is 1.88 bits per heavy atom. The molecule has 0 aromatic rings. The lowest BCUT2D eigenvalue weighted by atomic mass is 9.75. The number of likely N-dealkylation sites (tertiary alicyclic amines) is 1. The Balaban J connectivity index is 1.84. The summed E-state index contributed by atoms with van der Waals surface area (Å²) in [6, 6.07) is -1.51. The van der Waals surface area contributed by atoms with E-state index in [2.05, 4.69) is 6.92 Å². The van der Waals surface area contributed by atoms with Crippen molar-refractivity contribution in [1.82, 2.24) is 9.80 Å². The summed E-state index contributed by atoms with van der Waals surface area (Å²) in [6.07, 6.45) is 10.2. The summed E-state index contributed by atoms with van der Waals surface area (Å²) in [7, 11) is 0. The van der Waals surface area contributed by atoms with Crippen LogP contribution >= 0.6 is 0 Å². The van der Waals surface area contributed by atoms with E-state index in [4.69, 9.17) is 9.47 Å². The molecule has 1 N–H and O–H groups in total. The zero-order chi connectivity index (χ0) is 24.0. The molecule has 8 heteroatoms. The average Bonchev–Trinajstić information content (AvgIpc) is 3.02. The third kappa shape index (κ3) is 3.62. The van der Waals surface area contributed by atoms with Crippen LogP contribution in [-0.2, 0) is 23.9 Å². The van der Waals surface area contributed by atoms with Gasteiger partial charge in [0.15, 0.2) is 0 Å². The van der Waals surface area contributed by atoms with Crippen LogP contribution < -0.4 is 0 Å². The molecule has 0 radical (unpaired) electrons. The summed E-state index contributed by atoms with van der Waals surface area (Å²) >= 11 is 0. The summed E-state index contributed by atoms with van der Waals surface area (Å²) in [5, 5.41) is 10.2. The maximum atomic E-state index is 14.0. The number of carbonyl (C=O) groups is 3. The van der Waals surface area contributed by atoms with E-state index in [1.807, 2.05) is 26.0 Å². The first-order valence-electron chi connectivity index (χ1n) is 12.2. The van der Waals surface area contributed by atoms with Crippen molar-refractivity contribution in [2.75, 3.05) is 26.3 Å². The summed E-state index contributed by atoms with van der Waals surface area (Å²) in [5.74, 6) is -2.87. The van der Waals surface area contributed by atoms with Gasteiger partial charge in [-0.05, 0) is 25.3 Å². The molecule has 182 valence electrons. The second-order valence-electron chi connectivity index (χ2n) is 10.2. The quantitative estimate of drug-likeness (QED) is 0.353. The molecule has 1 unspecified atom stereocenters. The third-order valence-electron chi connectivity index (χ3n) is 7.68. The van der Waals surface area contributed by atoms with Crippen molar-refractivity contribution in [2.45, 2.75) is 70.2 Å². The number of aliphatic hydroxyl groups is 1. The predicted octanol–water partition coefficient (Wildman–Crippen LogP) is 1.68. The second-order valence-corrected chi connectivity index (χ2v) is 10.2. The number of cyclic esters (lactones) is 1. The number of aliphatic hydroxyl groups excluding tert-OH is 1. The molecule has 0 saturated carbocycles. The number of fused-ring (bicyclic) bond motifs is 2. The van der Waals surface area contributed by atoms with Gasteiger partial charge in [-0.15, -0.1) is 0 Å². The number of hydrogen-bond acceptors (Lipinski definition) is 6. The Morgan fingerprint density at radius 1 is 1.12 bits per heavy atom. The molecule has 8 nitrogen and oxygen atoms in total. The molecule has 6 atom stereocenters. The van der Waals surface area contributed by atoms with Crippen LogP contribution in [0.3, 0.4) is 0 Å². The zero-order valence-corrected chi connectivity index (χ0v) is 20.0. The molecule has 4 heterocycles. The minimum absolute atomic E-state index is 0.0873. The smallest absolute Gasteiger partial charge is 0.313 e. The Bertz CT molecular complexity index is 869. The number of rotatable bonds is 7. The first-order valence-corrected chi connectivity index (χ1v) is 12.2. The second kappa shape index (κ2) is 8.87. The molecule has 4 aliphatic heterocycles. The molecule has 4 aliphatic rings. The van der Waals surface area contributed by atoms with Gasteiger partial charge in [-0.2, -0.15) is 0 Å². The van der Waals surface area contributed by atoms with Gasteiger partial charge in [0.2, 0.25) is 11.8 Å². The Kier molecular flexibility index (Phi) is 6.44. The van der Waals surface area contributed by atoms with Gasteiger partial charge in [-0.1, -0.05) is 51.8 Å². The Hall–Kier alpha value is -2.19. The van der Waals surface area contributed by atoms with Gasteiger partial charge in [-0.25, -0.2) is 0 Å². The number of esters is 1.